The summed E-state index contributed by atoms with van der Waals surface area (Å²) in [6, 6.07) is 8.33. The molecule has 18 heavy (non-hydrogen) atoms. The van der Waals surface area contributed by atoms with Gasteiger partial charge in [-0.05, 0) is 49.8 Å². The van der Waals surface area contributed by atoms with Crippen LogP contribution in [0.3, 0.4) is 0 Å². The van der Waals surface area contributed by atoms with Crippen LogP contribution in [0.15, 0.2) is 24.3 Å². The van der Waals surface area contributed by atoms with Gasteiger partial charge in [-0.15, -0.1) is 11.6 Å². The molecule has 0 radical (unpaired) electrons. The van der Waals surface area contributed by atoms with Crippen molar-refractivity contribution >= 4 is 11.6 Å². The Morgan fingerprint density at radius 3 is 2.11 bits per heavy atom. The van der Waals surface area contributed by atoms with E-state index in [9.17, 15) is 0 Å². The van der Waals surface area contributed by atoms with E-state index in [0.717, 1.165) is 18.6 Å². The number of alkyl halides is 1. The second-order valence-electron chi connectivity index (χ2n) is 6.18. The van der Waals surface area contributed by atoms with E-state index in [1.54, 1.807) is 0 Å². The molecule has 2 heteroatoms. The van der Waals surface area contributed by atoms with Crippen LogP contribution in [0.5, 0.6) is 5.75 Å². The standard InChI is InChI=1S/C16H25ClO/c1-12(2)18-14-9-6-13(7-10-14)8-11-15(17)16(3,4)5/h6-7,9-10,12,15H,8,11H2,1-5H3. The first kappa shape index (κ1) is 15.4. The van der Waals surface area contributed by atoms with Crippen LogP contribution in [0.25, 0.3) is 0 Å². The summed E-state index contributed by atoms with van der Waals surface area (Å²) in [6.07, 6.45) is 2.26. The van der Waals surface area contributed by atoms with Crippen LogP contribution in [-0.2, 0) is 6.42 Å². The van der Waals surface area contributed by atoms with Gasteiger partial charge in [-0.3, -0.25) is 0 Å². The highest BCUT2D eigenvalue weighted by atomic mass is 35.5. The number of benzene rings is 1. The molecule has 1 aromatic carbocycles. The molecule has 1 rings (SSSR count). The fourth-order valence-electron chi connectivity index (χ4n) is 1.73. The number of ether oxygens (including phenoxy) is 1. The Balaban J connectivity index is 2.49. The maximum Gasteiger partial charge on any atom is 0.119 e. The van der Waals surface area contributed by atoms with E-state index in [1.807, 2.05) is 26.0 Å². The highest BCUT2D eigenvalue weighted by Crippen LogP contribution is 2.28. The summed E-state index contributed by atoms with van der Waals surface area (Å²) in [7, 11) is 0. The van der Waals surface area contributed by atoms with Crippen LogP contribution in [0.4, 0.5) is 0 Å². The van der Waals surface area contributed by atoms with Crippen molar-refractivity contribution < 1.29 is 4.74 Å². The minimum atomic E-state index is 0.169. The highest BCUT2D eigenvalue weighted by molar-refractivity contribution is 6.21. The van der Waals surface area contributed by atoms with Gasteiger partial charge in [0.1, 0.15) is 5.75 Å². The Morgan fingerprint density at radius 2 is 1.67 bits per heavy atom. The first-order valence-electron chi connectivity index (χ1n) is 6.68. The molecule has 0 aliphatic rings. The number of hydrogen-bond donors (Lipinski definition) is 0. The van der Waals surface area contributed by atoms with Crippen LogP contribution >= 0.6 is 11.6 Å². The molecule has 1 aromatic rings. The molecule has 0 amide bonds. The second kappa shape index (κ2) is 6.47. The summed E-state index contributed by atoms with van der Waals surface area (Å²) < 4.78 is 5.62. The summed E-state index contributed by atoms with van der Waals surface area (Å²) in [5.41, 5.74) is 1.49. The fraction of sp³-hybridized carbons (Fsp3) is 0.625. The quantitative estimate of drug-likeness (QED) is 0.678. The molecule has 0 bridgehead atoms. The van der Waals surface area contributed by atoms with Gasteiger partial charge in [-0.1, -0.05) is 32.9 Å². The summed E-state index contributed by atoms with van der Waals surface area (Å²) in [5, 5.41) is 0.212. The third-order valence-electron chi connectivity index (χ3n) is 2.92. The van der Waals surface area contributed by atoms with E-state index in [1.165, 1.54) is 5.56 Å². The molecule has 102 valence electrons. The van der Waals surface area contributed by atoms with E-state index in [2.05, 4.69) is 32.9 Å². The molecule has 0 aliphatic carbocycles. The van der Waals surface area contributed by atoms with Crippen LogP contribution in [0.1, 0.15) is 46.6 Å². The van der Waals surface area contributed by atoms with Crippen LogP contribution in [0.2, 0.25) is 0 Å². The SMILES string of the molecule is CC(C)Oc1ccc(CCC(Cl)C(C)(C)C)cc1. The Kier molecular flexibility index (Phi) is 5.52. The van der Waals surface area contributed by atoms with Crippen molar-refractivity contribution in [2.75, 3.05) is 0 Å². The Morgan fingerprint density at radius 1 is 1.11 bits per heavy atom. The van der Waals surface area contributed by atoms with Gasteiger partial charge in [0.05, 0.1) is 6.10 Å². The molecule has 1 atom stereocenters. The summed E-state index contributed by atoms with van der Waals surface area (Å²) in [4.78, 5) is 0. The molecule has 0 aromatic heterocycles. The fourth-order valence-corrected chi connectivity index (χ4v) is 1.84. The number of aryl methyl sites for hydroxylation is 1. The van der Waals surface area contributed by atoms with E-state index in [4.69, 9.17) is 16.3 Å². The Labute approximate surface area is 116 Å². The third-order valence-corrected chi connectivity index (χ3v) is 3.79. The summed E-state index contributed by atoms with van der Waals surface area (Å²) >= 11 is 6.38. The van der Waals surface area contributed by atoms with E-state index in [0.29, 0.717) is 0 Å². The molecule has 1 unspecified atom stereocenters. The number of rotatable bonds is 5. The van der Waals surface area contributed by atoms with Gasteiger partial charge in [-0.2, -0.15) is 0 Å². The zero-order valence-electron chi connectivity index (χ0n) is 12.2. The molecule has 0 fully saturated rings. The lowest BCUT2D eigenvalue weighted by Crippen LogP contribution is -2.21. The first-order chi connectivity index (χ1) is 8.29. The first-order valence-corrected chi connectivity index (χ1v) is 7.12. The van der Waals surface area contributed by atoms with E-state index in [-0.39, 0.29) is 16.9 Å². The maximum atomic E-state index is 6.38. The van der Waals surface area contributed by atoms with Gasteiger partial charge in [-0.25, -0.2) is 0 Å². The lowest BCUT2D eigenvalue weighted by Gasteiger charge is -2.25. The molecule has 0 N–H and O–H groups in total. The van der Waals surface area contributed by atoms with E-state index >= 15 is 0 Å². The lowest BCUT2D eigenvalue weighted by atomic mass is 9.88. The van der Waals surface area contributed by atoms with Crippen LogP contribution < -0.4 is 4.74 Å². The normalized spacial score (nSPS) is 13.7. The van der Waals surface area contributed by atoms with Gasteiger partial charge < -0.3 is 4.74 Å². The van der Waals surface area contributed by atoms with Crippen LogP contribution in [-0.4, -0.2) is 11.5 Å². The largest absolute Gasteiger partial charge is 0.491 e. The predicted molar refractivity (Wildman–Crippen MR) is 79.6 cm³/mol. The van der Waals surface area contributed by atoms with Crippen molar-refractivity contribution in [3.63, 3.8) is 0 Å². The predicted octanol–water partition coefficient (Wildman–Crippen LogP) is 5.06. The van der Waals surface area contributed by atoms with Gasteiger partial charge >= 0.3 is 0 Å². The van der Waals surface area contributed by atoms with Crippen LogP contribution in [0, 0.1) is 5.41 Å². The lowest BCUT2D eigenvalue weighted by molar-refractivity contribution is 0.242. The van der Waals surface area contributed by atoms with Crippen molar-refractivity contribution in [3.05, 3.63) is 29.8 Å². The zero-order chi connectivity index (χ0) is 13.8. The molecule has 0 spiro atoms. The van der Waals surface area contributed by atoms with Crippen molar-refractivity contribution in [1.29, 1.82) is 0 Å². The average Bonchev–Trinajstić information content (AvgIpc) is 2.25. The zero-order valence-corrected chi connectivity index (χ0v) is 12.9. The molecule has 0 heterocycles. The van der Waals surface area contributed by atoms with Gasteiger partial charge in [0, 0.05) is 5.38 Å². The van der Waals surface area contributed by atoms with Crippen molar-refractivity contribution in [3.8, 4) is 5.75 Å². The Bertz CT molecular complexity index is 348. The number of hydrogen-bond acceptors (Lipinski definition) is 1. The smallest absolute Gasteiger partial charge is 0.119 e. The third kappa shape index (κ3) is 5.30. The molecule has 0 aliphatic heterocycles. The van der Waals surface area contributed by atoms with Gasteiger partial charge in [0.25, 0.3) is 0 Å². The van der Waals surface area contributed by atoms with Crippen molar-refractivity contribution in [2.45, 2.75) is 58.9 Å². The Hall–Kier alpha value is -0.690. The van der Waals surface area contributed by atoms with Gasteiger partial charge in [0.2, 0.25) is 0 Å². The van der Waals surface area contributed by atoms with E-state index < -0.39 is 0 Å². The average molecular weight is 269 g/mol. The monoisotopic (exact) mass is 268 g/mol. The maximum absolute atomic E-state index is 6.38. The highest BCUT2D eigenvalue weighted by Gasteiger charge is 2.21. The molecule has 1 nitrogen and oxygen atoms in total. The molecular formula is C16H25ClO. The van der Waals surface area contributed by atoms with Crippen molar-refractivity contribution in [2.24, 2.45) is 5.41 Å². The molecular weight excluding hydrogens is 244 g/mol. The summed E-state index contributed by atoms with van der Waals surface area (Å²) in [6.45, 7) is 10.6. The van der Waals surface area contributed by atoms with Gasteiger partial charge in [0.15, 0.2) is 0 Å². The topological polar surface area (TPSA) is 9.23 Å². The minimum absolute atomic E-state index is 0.169. The van der Waals surface area contributed by atoms with Crippen molar-refractivity contribution in [1.82, 2.24) is 0 Å². The second-order valence-corrected chi connectivity index (χ2v) is 6.71. The summed E-state index contributed by atoms with van der Waals surface area (Å²) in [5.74, 6) is 0.937. The molecule has 0 saturated carbocycles. The minimum Gasteiger partial charge on any atom is -0.491 e. The number of halogens is 1. The molecule has 0 saturated heterocycles.